The van der Waals surface area contributed by atoms with Gasteiger partial charge in [-0.1, -0.05) is 37.5 Å². The topological polar surface area (TPSA) is 101 Å². The summed E-state index contributed by atoms with van der Waals surface area (Å²) in [6.07, 6.45) is 0. The highest BCUT2D eigenvalue weighted by Gasteiger charge is 2.30. The molecule has 0 aliphatic heterocycles. The maximum atomic E-state index is 12.5. The lowest BCUT2D eigenvalue weighted by molar-refractivity contribution is -0.121. The van der Waals surface area contributed by atoms with Crippen LogP contribution >= 0.6 is 11.6 Å². The number of carbonyl (C=O) groups is 1. The van der Waals surface area contributed by atoms with Crippen molar-refractivity contribution in [3.8, 4) is 0 Å². The van der Waals surface area contributed by atoms with Gasteiger partial charge in [0.1, 0.15) is 11.6 Å². The van der Waals surface area contributed by atoms with Crippen molar-refractivity contribution in [1.29, 1.82) is 0 Å². The van der Waals surface area contributed by atoms with E-state index in [1.165, 1.54) is 24.3 Å². The molecule has 0 aliphatic rings. The lowest BCUT2D eigenvalue weighted by atomic mass is 9.93. The van der Waals surface area contributed by atoms with Gasteiger partial charge in [0.05, 0.1) is 10.4 Å². The molecule has 0 fully saturated rings. The van der Waals surface area contributed by atoms with Gasteiger partial charge in [-0.15, -0.1) is 0 Å². The van der Waals surface area contributed by atoms with E-state index in [9.17, 15) is 13.2 Å². The number of nitrogens with zero attached hydrogens (tertiary/aromatic N) is 1. The monoisotopic (exact) mass is 413 g/mol. The molecule has 0 radical (unpaired) electrons. The molecule has 2 rings (SSSR count). The predicted molar refractivity (Wildman–Crippen MR) is 105 cm³/mol. The minimum absolute atomic E-state index is 0.127. The molecule has 0 saturated heterocycles. The van der Waals surface area contributed by atoms with E-state index in [1.54, 1.807) is 19.9 Å². The molecule has 2 N–H and O–H groups in total. The van der Waals surface area contributed by atoms with Crippen molar-refractivity contribution >= 4 is 33.2 Å². The van der Waals surface area contributed by atoms with E-state index in [0.29, 0.717) is 10.8 Å². The third kappa shape index (κ3) is 5.54. The zero-order chi connectivity index (χ0) is 20.5. The Bertz CT molecular complexity index is 913. The fourth-order valence-electron chi connectivity index (χ4n) is 2.04. The van der Waals surface area contributed by atoms with Crippen molar-refractivity contribution in [2.24, 2.45) is 0 Å². The molecule has 0 saturated carbocycles. The largest absolute Gasteiger partial charge is 0.359 e. The van der Waals surface area contributed by atoms with E-state index in [-0.39, 0.29) is 16.1 Å². The molecule has 1 aromatic carbocycles. The number of rotatable bonds is 6. The van der Waals surface area contributed by atoms with Gasteiger partial charge in [-0.3, -0.25) is 10.1 Å². The first-order chi connectivity index (χ1) is 12.3. The van der Waals surface area contributed by atoms with Crippen molar-refractivity contribution in [2.45, 2.75) is 50.5 Å². The van der Waals surface area contributed by atoms with Crippen molar-refractivity contribution in [3.05, 3.63) is 41.1 Å². The van der Waals surface area contributed by atoms with E-state index in [0.717, 1.165) is 0 Å². The molecular weight excluding hydrogens is 390 g/mol. The van der Waals surface area contributed by atoms with Crippen LogP contribution in [0.15, 0.2) is 39.8 Å². The summed E-state index contributed by atoms with van der Waals surface area (Å²) in [6.45, 7) is 9.07. The molecule has 1 heterocycles. The Kier molecular flexibility index (Phi) is 6.03. The summed E-state index contributed by atoms with van der Waals surface area (Å²) in [4.78, 5) is 12.7. The summed E-state index contributed by atoms with van der Waals surface area (Å²) in [6, 6.07) is 7.51. The minimum atomic E-state index is -3.62. The second-order valence-electron chi connectivity index (χ2n) is 7.80. The number of anilines is 1. The molecule has 148 valence electrons. The van der Waals surface area contributed by atoms with Crippen LogP contribution in [0.4, 0.5) is 5.82 Å². The first kappa shape index (κ1) is 21.4. The molecule has 2 aromatic rings. The Labute approximate surface area is 164 Å². The van der Waals surface area contributed by atoms with Gasteiger partial charge in [0.25, 0.3) is 0 Å². The van der Waals surface area contributed by atoms with Gasteiger partial charge < -0.3 is 9.84 Å². The first-order valence-corrected chi connectivity index (χ1v) is 10.4. The molecule has 1 aromatic heterocycles. The van der Waals surface area contributed by atoms with Crippen LogP contribution in [-0.4, -0.2) is 30.9 Å². The Morgan fingerprint density at radius 2 is 1.74 bits per heavy atom. The molecule has 0 spiro atoms. The number of benzene rings is 1. The molecule has 0 unspecified atom stereocenters. The highest BCUT2D eigenvalue weighted by atomic mass is 35.5. The van der Waals surface area contributed by atoms with Crippen LogP contribution in [0.25, 0.3) is 0 Å². The number of hydrogen-bond donors (Lipinski definition) is 2. The van der Waals surface area contributed by atoms with Gasteiger partial charge in [0.15, 0.2) is 15.7 Å². The fourth-order valence-corrected chi connectivity index (χ4v) is 3.44. The molecule has 7 nitrogen and oxygen atoms in total. The SMILES string of the molecule is CC(C)(NCS(=O)(=O)c1ccc(Cl)cc1)C(=O)Nc1cc(C(C)(C)C)on1. The quantitative estimate of drug-likeness (QED) is 0.752. The van der Waals surface area contributed by atoms with Crippen molar-refractivity contribution < 1.29 is 17.7 Å². The number of sulfone groups is 1. The van der Waals surface area contributed by atoms with E-state index < -0.39 is 27.2 Å². The Morgan fingerprint density at radius 3 is 2.26 bits per heavy atom. The molecule has 9 heteroatoms. The molecule has 0 aliphatic carbocycles. The fraction of sp³-hybridized carbons (Fsp3) is 0.444. The van der Waals surface area contributed by atoms with Crippen LogP contribution in [-0.2, 0) is 20.0 Å². The summed E-state index contributed by atoms with van der Waals surface area (Å²) >= 11 is 5.78. The number of hydrogen-bond acceptors (Lipinski definition) is 6. The van der Waals surface area contributed by atoms with Crippen LogP contribution < -0.4 is 10.6 Å². The third-order valence-electron chi connectivity index (χ3n) is 3.94. The summed E-state index contributed by atoms with van der Waals surface area (Å²) < 4.78 is 30.1. The van der Waals surface area contributed by atoms with Crippen molar-refractivity contribution in [1.82, 2.24) is 10.5 Å². The van der Waals surface area contributed by atoms with E-state index in [4.69, 9.17) is 16.1 Å². The van der Waals surface area contributed by atoms with Gasteiger partial charge in [0, 0.05) is 16.5 Å². The summed E-state index contributed by atoms with van der Waals surface area (Å²) in [5.74, 6) is 0.0815. The van der Waals surface area contributed by atoms with Crippen LogP contribution in [0.3, 0.4) is 0 Å². The average molecular weight is 414 g/mol. The average Bonchev–Trinajstić information content (AvgIpc) is 3.02. The van der Waals surface area contributed by atoms with Gasteiger partial charge >= 0.3 is 0 Å². The molecule has 1 amide bonds. The smallest absolute Gasteiger partial charge is 0.245 e. The maximum absolute atomic E-state index is 12.5. The van der Waals surface area contributed by atoms with Crippen LogP contribution in [0.1, 0.15) is 40.4 Å². The zero-order valence-electron chi connectivity index (χ0n) is 16.0. The normalized spacial score (nSPS) is 12.8. The highest BCUT2D eigenvalue weighted by Crippen LogP contribution is 2.24. The minimum Gasteiger partial charge on any atom is -0.359 e. The summed E-state index contributed by atoms with van der Waals surface area (Å²) in [5.41, 5.74) is -1.39. The van der Waals surface area contributed by atoms with E-state index >= 15 is 0 Å². The van der Waals surface area contributed by atoms with Gasteiger partial charge in [-0.05, 0) is 38.1 Å². The highest BCUT2D eigenvalue weighted by molar-refractivity contribution is 7.91. The second kappa shape index (κ2) is 7.61. The number of amides is 1. The Hall–Kier alpha value is -1.90. The van der Waals surface area contributed by atoms with E-state index in [2.05, 4.69) is 15.8 Å². The number of aromatic nitrogens is 1. The lowest BCUT2D eigenvalue weighted by Crippen LogP contribution is -2.51. The number of nitrogens with one attached hydrogen (secondary N) is 2. The van der Waals surface area contributed by atoms with Crippen LogP contribution in [0.2, 0.25) is 5.02 Å². The Morgan fingerprint density at radius 1 is 1.15 bits per heavy atom. The molecule has 27 heavy (non-hydrogen) atoms. The van der Waals surface area contributed by atoms with Crippen molar-refractivity contribution in [3.63, 3.8) is 0 Å². The van der Waals surface area contributed by atoms with Crippen LogP contribution in [0, 0.1) is 0 Å². The van der Waals surface area contributed by atoms with Gasteiger partial charge in [-0.2, -0.15) is 0 Å². The van der Waals surface area contributed by atoms with Crippen LogP contribution in [0.5, 0.6) is 0 Å². The number of carbonyl (C=O) groups excluding carboxylic acids is 1. The lowest BCUT2D eigenvalue weighted by Gasteiger charge is -2.24. The van der Waals surface area contributed by atoms with Gasteiger partial charge in [-0.25, -0.2) is 8.42 Å². The van der Waals surface area contributed by atoms with Crippen molar-refractivity contribution in [2.75, 3.05) is 11.2 Å². The third-order valence-corrected chi connectivity index (χ3v) is 5.70. The molecular formula is C18H24ClN3O4S. The maximum Gasteiger partial charge on any atom is 0.245 e. The Balaban J connectivity index is 2.03. The molecule has 0 bridgehead atoms. The summed E-state index contributed by atoms with van der Waals surface area (Å²) in [7, 11) is -3.62. The van der Waals surface area contributed by atoms with E-state index in [1.807, 2.05) is 20.8 Å². The zero-order valence-corrected chi connectivity index (χ0v) is 17.5. The van der Waals surface area contributed by atoms with Gasteiger partial charge in [0.2, 0.25) is 5.91 Å². The number of halogens is 1. The standard InChI is InChI=1S/C18H24ClN3O4S/c1-17(2,3)14-10-15(22-26-14)21-16(23)18(4,5)20-11-27(24,25)13-8-6-12(19)7-9-13/h6-10,20H,11H2,1-5H3,(H,21,22,23). The summed E-state index contributed by atoms with van der Waals surface area (Å²) in [5, 5.41) is 9.70. The molecule has 0 atom stereocenters. The second-order valence-corrected chi connectivity index (χ2v) is 10.2. The predicted octanol–water partition coefficient (Wildman–Crippen LogP) is 3.36. The first-order valence-electron chi connectivity index (χ1n) is 8.33.